The molecule has 5 nitrogen and oxygen atoms in total. The van der Waals surface area contributed by atoms with Crippen LogP contribution >= 0.6 is 0 Å². The first-order chi connectivity index (χ1) is 10.1. The SMILES string of the molecule is COc1cc2c(c3c1C(=O)NC3)OCC21CCN(C)CC1. The number of amides is 1. The highest BCUT2D eigenvalue weighted by Crippen LogP contribution is 2.50. The largest absolute Gasteiger partial charge is 0.496 e. The number of likely N-dealkylation sites (tertiary alicyclic amines) is 1. The summed E-state index contributed by atoms with van der Waals surface area (Å²) in [6, 6.07) is 2.04. The summed E-state index contributed by atoms with van der Waals surface area (Å²) < 4.78 is 11.5. The summed E-state index contributed by atoms with van der Waals surface area (Å²) in [5, 5.41) is 2.88. The van der Waals surface area contributed by atoms with Crippen LogP contribution in [-0.2, 0) is 12.0 Å². The van der Waals surface area contributed by atoms with Crippen LogP contribution < -0.4 is 14.8 Å². The fourth-order valence-corrected chi connectivity index (χ4v) is 3.84. The molecule has 3 heterocycles. The normalized spacial score (nSPS) is 22.7. The molecule has 4 rings (SSSR count). The fourth-order valence-electron chi connectivity index (χ4n) is 3.84. The van der Waals surface area contributed by atoms with E-state index in [1.54, 1.807) is 7.11 Å². The molecule has 0 unspecified atom stereocenters. The molecule has 1 saturated heterocycles. The van der Waals surface area contributed by atoms with Gasteiger partial charge in [-0.2, -0.15) is 0 Å². The smallest absolute Gasteiger partial charge is 0.255 e. The van der Waals surface area contributed by atoms with E-state index in [1.807, 2.05) is 6.07 Å². The Hall–Kier alpha value is -1.75. The average Bonchev–Trinajstić information content (AvgIpc) is 3.04. The lowest BCUT2D eigenvalue weighted by Gasteiger charge is -2.36. The lowest BCUT2D eigenvalue weighted by Crippen LogP contribution is -2.41. The first-order valence-electron chi connectivity index (χ1n) is 7.48. The zero-order valence-corrected chi connectivity index (χ0v) is 12.5. The second-order valence-corrected chi connectivity index (χ2v) is 6.36. The molecule has 21 heavy (non-hydrogen) atoms. The van der Waals surface area contributed by atoms with Gasteiger partial charge in [-0.15, -0.1) is 0 Å². The van der Waals surface area contributed by atoms with Gasteiger partial charge in [0.1, 0.15) is 11.5 Å². The van der Waals surface area contributed by atoms with Crippen LogP contribution in [0.3, 0.4) is 0 Å². The van der Waals surface area contributed by atoms with Crippen LogP contribution in [-0.4, -0.2) is 44.7 Å². The lowest BCUT2D eigenvalue weighted by atomic mass is 9.74. The number of ether oxygens (including phenoxy) is 2. The van der Waals surface area contributed by atoms with Crippen molar-refractivity contribution in [2.24, 2.45) is 0 Å². The first kappa shape index (κ1) is 13.0. The van der Waals surface area contributed by atoms with Crippen LogP contribution in [0.2, 0.25) is 0 Å². The molecule has 0 bridgehead atoms. The number of carbonyl (C=O) groups is 1. The van der Waals surface area contributed by atoms with Gasteiger partial charge in [-0.25, -0.2) is 0 Å². The molecule has 0 atom stereocenters. The van der Waals surface area contributed by atoms with Crippen molar-refractivity contribution >= 4 is 5.91 Å². The number of nitrogens with zero attached hydrogens (tertiary/aromatic N) is 1. The minimum absolute atomic E-state index is 0.0578. The molecule has 0 saturated carbocycles. The Bertz CT molecular complexity index is 618. The molecule has 1 aromatic carbocycles. The van der Waals surface area contributed by atoms with Gasteiger partial charge in [-0.1, -0.05) is 0 Å². The molecule has 3 aliphatic heterocycles. The minimum Gasteiger partial charge on any atom is -0.496 e. The fraction of sp³-hybridized carbons (Fsp3) is 0.562. The van der Waals surface area contributed by atoms with E-state index in [0.29, 0.717) is 17.9 Å². The van der Waals surface area contributed by atoms with Gasteiger partial charge in [0.2, 0.25) is 0 Å². The van der Waals surface area contributed by atoms with Crippen LogP contribution in [0, 0.1) is 0 Å². The zero-order valence-electron chi connectivity index (χ0n) is 12.5. The maximum atomic E-state index is 12.0. The number of nitrogens with one attached hydrogen (secondary N) is 1. The van der Waals surface area contributed by atoms with E-state index in [1.165, 1.54) is 5.56 Å². The molecule has 0 aromatic heterocycles. The molecule has 1 fully saturated rings. The van der Waals surface area contributed by atoms with Gasteiger partial charge in [-0.3, -0.25) is 4.79 Å². The summed E-state index contributed by atoms with van der Waals surface area (Å²) >= 11 is 0. The van der Waals surface area contributed by atoms with Gasteiger partial charge in [0.15, 0.2) is 0 Å². The van der Waals surface area contributed by atoms with Crippen LogP contribution in [0.1, 0.15) is 34.3 Å². The summed E-state index contributed by atoms with van der Waals surface area (Å²) in [4.78, 5) is 14.4. The van der Waals surface area contributed by atoms with E-state index in [0.717, 1.165) is 43.9 Å². The highest BCUT2D eigenvalue weighted by atomic mass is 16.5. The highest BCUT2D eigenvalue weighted by Gasteiger charge is 2.45. The van der Waals surface area contributed by atoms with E-state index in [9.17, 15) is 4.79 Å². The van der Waals surface area contributed by atoms with E-state index in [2.05, 4.69) is 17.3 Å². The Morgan fingerprint density at radius 2 is 2.14 bits per heavy atom. The summed E-state index contributed by atoms with van der Waals surface area (Å²) in [6.45, 7) is 3.44. The summed E-state index contributed by atoms with van der Waals surface area (Å²) in [5.74, 6) is 1.55. The Morgan fingerprint density at radius 1 is 1.38 bits per heavy atom. The molecule has 1 aromatic rings. The number of hydrogen-bond donors (Lipinski definition) is 1. The molecular weight excluding hydrogens is 268 g/mol. The van der Waals surface area contributed by atoms with Crippen molar-refractivity contribution in [3.05, 3.63) is 22.8 Å². The third kappa shape index (κ3) is 1.70. The molecular formula is C16H20N2O3. The van der Waals surface area contributed by atoms with Gasteiger partial charge >= 0.3 is 0 Å². The van der Waals surface area contributed by atoms with Crippen molar-refractivity contribution in [3.8, 4) is 11.5 Å². The predicted molar refractivity (Wildman–Crippen MR) is 78.1 cm³/mol. The van der Waals surface area contributed by atoms with Gasteiger partial charge in [-0.05, 0) is 39.0 Å². The topological polar surface area (TPSA) is 50.8 Å². The first-order valence-corrected chi connectivity index (χ1v) is 7.48. The zero-order chi connectivity index (χ0) is 14.6. The molecule has 1 spiro atoms. The minimum atomic E-state index is -0.0578. The maximum Gasteiger partial charge on any atom is 0.255 e. The molecule has 5 heteroatoms. The van der Waals surface area contributed by atoms with Crippen molar-refractivity contribution in [1.82, 2.24) is 10.2 Å². The molecule has 1 N–H and O–H groups in total. The maximum absolute atomic E-state index is 12.0. The quantitative estimate of drug-likeness (QED) is 0.846. The van der Waals surface area contributed by atoms with Crippen molar-refractivity contribution in [1.29, 1.82) is 0 Å². The highest BCUT2D eigenvalue weighted by molar-refractivity contribution is 6.02. The third-order valence-corrected chi connectivity index (χ3v) is 5.22. The van der Waals surface area contributed by atoms with Crippen molar-refractivity contribution < 1.29 is 14.3 Å². The van der Waals surface area contributed by atoms with Gasteiger partial charge in [0.05, 0.1) is 19.3 Å². The number of piperidine rings is 1. The Balaban J connectivity index is 1.85. The average molecular weight is 288 g/mol. The lowest BCUT2D eigenvalue weighted by molar-refractivity contribution is 0.0963. The van der Waals surface area contributed by atoms with Crippen LogP contribution in [0.4, 0.5) is 0 Å². The predicted octanol–water partition coefficient (Wildman–Crippen LogP) is 1.29. The summed E-state index contributed by atoms with van der Waals surface area (Å²) in [6.07, 6.45) is 2.19. The molecule has 3 aliphatic rings. The second-order valence-electron chi connectivity index (χ2n) is 6.36. The number of hydrogen-bond acceptors (Lipinski definition) is 4. The monoisotopic (exact) mass is 288 g/mol. The molecule has 0 aliphatic carbocycles. The molecule has 112 valence electrons. The van der Waals surface area contributed by atoms with E-state index in [-0.39, 0.29) is 11.3 Å². The molecule has 1 amide bonds. The standard InChI is InChI=1S/C16H20N2O3/c1-18-5-3-16(4-6-18)9-21-14-10-8-17-15(19)13(10)12(20-2)7-11(14)16/h7H,3-6,8-9H2,1-2H3,(H,17,19). The Morgan fingerprint density at radius 3 is 2.86 bits per heavy atom. The van der Waals surface area contributed by atoms with E-state index in [4.69, 9.17) is 9.47 Å². The summed E-state index contributed by atoms with van der Waals surface area (Å²) in [5.41, 5.74) is 2.96. The van der Waals surface area contributed by atoms with Crippen LogP contribution in [0.25, 0.3) is 0 Å². The second kappa shape index (κ2) is 4.37. The van der Waals surface area contributed by atoms with Crippen molar-refractivity contribution in [3.63, 3.8) is 0 Å². The van der Waals surface area contributed by atoms with E-state index >= 15 is 0 Å². The third-order valence-electron chi connectivity index (χ3n) is 5.22. The van der Waals surface area contributed by atoms with E-state index < -0.39 is 0 Å². The summed E-state index contributed by atoms with van der Waals surface area (Å²) in [7, 11) is 3.79. The number of carbonyl (C=O) groups excluding carboxylic acids is 1. The van der Waals surface area contributed by atoms with Crippen LogP contribution in [0.15, 0.2) is 6.07 Å². The number of benzene rings is 1. The number of methoxy groups -OCH3 is 1. The number of fused-ring (bicyclic) bond motifs is 4. The van der Waals surface area contributed by atoms with Crippen LogP contribution in [0.5, 0.6) is 11.5 Å². The Labute approximate surface area is 124 Å². The van der Waals surface area contributed by atoms with Crippen molar-refractivity contribution in [2.45, 2.75) is 24.8 Å². The van der Waals surface area contributed by atoms with Gasteiger partial charge in [0.25, 0.3) is 5.91 Å². The molecule has 0 radical (unpaired) electrons. The van der Waals surface area contributed by atoms with Gasteiger partial charge in [0, 0.05) is 23.1 Å². The van der Waals surface area contributed by atoms with Gasteiger partial charge < -0.3 is 19.7 Å². The Kier molecular flexibility index (Phi) is 2.70. The van der Waals surface area contributed by atoms with Crippen molar-refractivity contribution in [2.75, 3.05) is 33.9 Å². The number of rotatable bonds is 1.